The number of Topliss-reactive ketones (excluding diaryl/α,β-unsaturated/α-hetero) is 1. The number of hydrogen-bond donors (Lipinski definition) is 1. The number of carboxylic acids is 1. The van der Waals surface area contributed by atoms with Crippen molar-refractivity contribution in [1.82, 2.24) is 0 Å². The van der Waals surface area contributed by atoms with E-state index in [1.165, 1.54) is 6.42 Å². The van der Waals surface area contributed by atoms with Crippen LogP contribution in [0.2, 0.25) is 0 Å². The highest BCUT2D eigenvalue weighted by Crippen LogP contribution is 2.42. The molecule has 3 heteroatoms. The molecule has 14 heavy (non-hydrogen) atoms. The van der Waals surface area contributed by atoms with E-state index in [0.29, 0.717) is 6.42 Å². The highest BCUT2D eigenvalue weighted by molar-refractivity contribution is 5.77. The minimum Gasteiger partial charge on any atom is -0.481 e. The van der Waals surface area contributed by atoms with Gasteiger partial charge in [-0.1, -0.05) is 19.3 Å². The predicted octanol–water partition coefficient (Wildman–Crippen LogP) is 2.39. The van der Waals surface area contributed by atoms with Crippen LogP contribution < -0.4 is 0 Å². The van der Waals surface area contributed by atoms with E-state index in [0.717, 1.165) is 25.7 Å². The molecule has 0 saturated heterocycles. The molecule has 0 atom stereocenters. The van der Waals surface area contributed by atoms with Gasteiger partial charge in [0.25, 0.3) is 0 Å². The van der Waals surface area contributed by atoms with E-state index in [4.69, 9.17) is 5.11 Å². The maximum atomic E-state index is 11.1. The summed E-state index contributed by atoms with van der Waals surface area (Å²) in [6, 6.07) is 0. The molecule has 1 fully saturated rings. The zero-order chi connectivity index (χ0) is 10.6. The molecule has 0 aromatic rings. The van der Waals surface area contributed by atoms with Crippen molar-refractivity contribution in [2.75, 3.05) is 0 Å². The average molecular weight is 198 g/mol. The maximum absolute atomic E-state index is 11.1. The number of hydrogen-bond acceptors (Lipinski definition) is 2. The van der Waals surface area contributed by atoms with E-state index in [1.807, 2.05) is 0 Å². The molecule has 80 valence electrons. The Morgan fingerprint density at radius 1 is 1.14 bits per heavy atom. The van der Waals surface area contributed by atoms with Gasteiger partial charge in [-0.05, 0) is 25.2 Å². The summed E-state index contributed by atoms with van der Waals surface area (Å²) in [5, 5.41) is 8.83. The monoisotopic (exact) mass is 198 g/mol. The van der Waals surface area contributed by atoms with Crippen molar-refractivity contribution in [2.24, 2.45) is 5.41 Å². The first kappa shape index (κ1) is 11.2. The molecule has 0 aromatic heterocycles. The van der Waals surface area contributed by atoms with Crippen molar-refractivity contribution >= 4 is 11.8 Å². The van der Waals surface area contributed by atoms with Crippen molar-refractivity contribution in [1.29, 1.82) is 0 Å². The summed E-state index contributed by atoms with van der Waals surface area (Å²) in [5.74, 6) is -0.652. The summed E-state index contributed by atoms with van der Waals surface area (Å²) in [4.78, 5) is 21.8. The lowest BCUT2D eigenvalue weighted by atomic mass is 9.69. The van der Waals surface area contributed by atoms with Gasteiger partial charge in [0.1, 0.15) is 5.78 Å². The fourth-order valence-electron chi connectivity index (χ4n) is 2.57. The van der Waals surface area contributed by atoms with Crippen molar-refractivity contribution in [2.45, 2.75) is 51.9 Å². The summed E-state index contributed by atoms with van der Waals surface area (Å²) >= 11 is 0. The molecular weight excluding hydrogens is 180 g/mol. The van der Waals surface area contributed by atoms with Crippen LogP contribution >= 0.6 is 0 Å². The molecule has 3 nitrogen and oxygen atoms in total. The first-order valence-corrected chi connectivity index (χ1v) is 5.25. The van der Waals surface area contributed by atoms with Gasteiger partial charge < -0.3 is 9.90 Å². The van der Waals surface area contributed by atoms with Crippen molar-refractivity contribution in [3.05, 3.63) is 0 Å². The Bertz CT molecular complexity index is 209. The number of aliphatic carboxylic acids is 1. The highest BCUT2D eigenvalue weighted by Gasteiger charge is 2.35. The normalized spacial score (nSPS) is 20.4. The van der Waals surface area contributed by atoms with Gasteiger partial charge in [0, 0.05) is 6.42 Å². The predicted molar refractivity (Wildman–Crippen MR) is 53.1 cm³/mol. The summed E-state index contributed by atoms with van der Waals surface area (Å²) in [5.41, 5.74) is -0.226. The molecule has 1 N–H and O–H groups in total. The highest BCUT2D eigenvalue weighted by atomic mass is 16.4. The van der Waals surface area contributed by atoms with E-state index in [-0.39, 0.29) is 17.6 Å². The number of carboxylic acid groups (broad SMARTS) is 1. The number of carbonyl (C=O) groups excluding carboxylic acids is 1. The summed E-state index contributed by atoms with van der Waals surface area (Å²) in [6.45, 7) is 1.55. The van der Waals surface area contributed by atoms with Gasteiger partial charge in [0.15, 0.2) is 0 Å². The number of carbonyl (C=O) groups is 2. The van der Waals surface area contributed by atoms with E-state index in [2.05, 4.69) is 0 Å². The third-order valence-corrected chi connectivity index (χ3v) is 3.06. The second kappa shape index (κ2) is 4.58. The number of ketones is 1. The quantitative estimate of drug-likeness (QED) is 0.754. The van der Waals surface area contributed by atoms with Gasteiger partial charge in [-0.3, -0.25) is 4.79 Å². The summed E-state index contributed by atoms with van der Waals surface area (Å²) < 4.78 is 0. The fourth-order valence-corrected chi connectivity index (χ4v) is 2.57. The Morgan fingerprint density at radius 3 is 2.14 bits per heavy atom. The number of rotatable bonds is 4. The Labute approximate surface area is 84.5 Å². The van der Waals surface area contributed by atoms with Gasteiger partial charge in [0.2, 0.25) is 0 Å². The van der Waals surface area contributed by atoms with Crippen LogP contribution in [-0.2, 0) is 9.59 Å². The molecule has 1 rings (SSSR count). The third kappa shape index (κ3) is 3.13. The van der Waals surface area contributed by atoms with E-state index < -0.39 is 5.97 Å². The molecule has 0 aliphatic heterocycles. The first-order valence-electron chi connectivity index (χ1n) is 5.25. The molecule has 1 aliphatic rings. The van der Waals surface area contributed by atoms with Crippen LogP contribution in [-0.4, -0.2) is 16.9 Å². The van der Waals surface area contributed by atoms with E-state index in [1.54, 1.807) is 6.92 Å². The van der Waals surface area contributed by atoms with Crippen LogP contribution in [0.5, 0.6) is 0 Å². The van der Waals surface area contributed by atoms with Gasteiger partial charge in [-0.15, -0.1) is 0 Å². The third-order valence-electron chi connectivity index (χ3n) is 3.06. The van der Waals surface area contributed by atoms with Gasteiger partial charge in [-0.2, -0.15) is 0 Å². The molecule has 1 aliphatic carbocycles. The average Bonchev–Trinajstić information content (AvgIpc) is 2.01. The minimum atomic E-state index is -0.770. The Balaban J connectivity index is 2.66. The van der Waals surface area contributed by atoms with E-state index in [9.17, 15) is 9.59 Å². The zero-order valence-electron chi connectivity index (χ0n) is 8.71. The van der Waals surface area contributed by atoms with E-state index >= 15 is 0 Å². The van der Waals surface area contributed by atoms with Crippen molar-refractivity contribution in [3.8, 4) is 0 Å². The molecule has 0 spiro atoms. The Hall–Kier alpha value is -0.860. The first-order chi connectivity index (χ1) is 6.54. The molecule has 0 unspecified atom stereocenters. The van der Waals surface area contributed by atoms with Crippen LogP contribution in [0, 0.1) is 5.41 Å². The summed E-state index contributed by atoms with van der Waals surface area (Å²) in [6.07, 6.45) is 5.73. The molecule has 1 saturated carbocycles. The van der Waals surface area contributed by atoms with Crippen LogP contribution in [0.4, 0.5) is 0 Å². The van der Waals surface area contributed by atoms with Crippen LogP contribution in [0.15, 0.2) is 0 Å². The lowest BCUT2D eigenvalue weighted by Gasteiger charge is -2.35. The zero-order valence-corrected chi connectivity index (χ0v) is 8.71. The van der Waals surface area contributed by atoms with Gasteiger partial charge in [-0.25, -0.2) is 0 Å². The van der Waals surface area contributed by atoms with Crippen LogP contribution in [0.3, 0.4) is 0 Å². The second-order valence-corrected chi connectivity index (χ2v) is 4.51. The van der Waals surface area contributed by atoms with Crippen molar-refractivity contribution in [3.63, 3.8) is 0 Å². The lowest BCUT2D eigenvalue weighted by molar-refractivity contribution is -0.141. The molecule has 0 aromatic carbocycles. The smallest absolute Gasteiger partial charge is 0.303 e. The Morgan fingerprint density at radius 2 is 1.71 bits per heavy atom. The molecule has 0 radical (unpaired) electrons. The maximum Gasteiger partial charge on any atom is 0.303 e. The topological polar surface area (TPSA) is 54.4 Å². The Kier molecular flexibility index (Phi) is 3.67. The standard InChI is InChI=1S/C11H18O3/c1-9(12)7-11(8-10(13)14)5-3-2-4-6-11/h2-8H2,1H3,(H,13,14). The molecule has 0 bridgehead atoms. The van der Waals surface area contributed by atoms with Crippen LogP contribution in [0.25, 0.3) is 0 Å². The van der Waals surface area contributed by atoms with Crippen LogP contribution in [0.1, 0.15) is 51.9 Å². The molecule has 0 amide bonds. The summed E-state index contributed by atoms with van der Waals surface area (Å²) in [7, 11) is 0. The second-order valence-electron chi connectivity index (χ2n) is 4.51. The largest absolute Gasteiger partial charge is 0.481 e. The van der Waals surface area contributed by atoms with Gasteiger partial charge in [0.05, 0.1) is 6.42 Å². The lowest BCUT2D eigenvalue weighted by Crippen LogP contribution is -2.29. The van der Waals surface area contributed by atoms with Gasteiger partial charge >= 0.3 is 5.97 Å². The fraction of sp³-hybridized carbons (Fsp3) is 0.818. The van der Waals surface area contributed by atoms with Crippen molar-refractivity contribution < 1.29 is 14.7 Å². The SMILES string of the molecule is CC(=O)CC1(CC(=O)O)CCCCC1. The molecule has 0 heterocycles. The molecular formula is C11H18O3. The minimum absolute atomic E-state index is 0.119.